The summed E-state index contributed by atoms with van der Waals surface area (Å²) in [6.07, 6.45) is 0.298. The highest BCUT2D eigenvalue weighted by Gasteiger charge is 2.35. The van der Waals surface area contributed by atoms with Crippen molar-refractivity contribution in [2.24, 2.45) is 0 Å². The van der Waals surface area contributed by atoms with E-state index in [1.54, 1.807) is 17.0 Å². The fourth-order valence-electron chi connectivity index (χ4n) is 3.08. The van der Waals surface area contributed by atoms with Crippen LogP contribution in [0.15, 0.2) is 53.1 Å². The molecule has 0 N–H and O–H groups in total. The first-order valence-corrected chi connectivity index (χ1v) is 8.07. The number of halogens is 1. The number of carbonyl (C=O) groups is 1. The van der Waals surface area contributed by atoms with Gasteiger partial charge in [0.15, 0.2) is 0 Å². The summed E-state index contributed by atoms with van der Waals surface area (Å²) in [4.78, 5) is 18.4. The third kappa shape index (κ3) is 2.91. The molecule has 3 aromatic rings. The maximum Gasteiger partial charge on any atom is 0.232 e. The molecule has 1 amide bonds. The molecular formula is C19H16FN3O2. The molecule has 0 unspecified atom stereocenters. The lowest BCUT2D eigenvalue weighted by Crippen LogP contribution is -2.24. The normalized spacial score (nSPS) is 17.3. The molecule has 0 aliphatic carbocycles. The number of amides is 1. The van der Waals surface area contributed by atoms with Crippen molar-refractivity contribution in [2.75, 3.05) is 11.4 Å². The van der Waals surface area contributed by atoms with Gasteiger partial charge in [0.25, 0.3) is 0 Å². The summed E-state index contributed by atoms with van der Waals surface area (Å²) < 4.78 is 18.5. The highest BCUT2D eigenvalue weighted by molar-refractivity contribution is 5.96. The number of rotatable bonds is 3. The number of nitrogens with zero attached hydrogens (tertiary/aromatic N) is 3. The van der Waals surface area contributed by atoms with Gasteiger partial charge in [0, 0.05) is 24.2 Å². The molecule has 0 bridgehead atoms. The van der Waals surface area contributed by atoms with E-state index in [9.17, 15) is 9.18 Å². The zero-order valence-electron chi connectivity index (χ0n) is 13.6. The van der Waals surface area contributed by atoms with Crippen LogP contribution in [0.4, 0.5) is 10.1 Å². The van der Waals surface area contributed by atoms with Crippen molar-refractivity contribution < 1.29 is 13.7 Å². The summed E-state index contributed by atoms with van der Waals surface area (Å²) in [7, 11) is 0. The van der Waals surface area contributed by atoms with Crippen LogP contribution in [-0.2, 0) is 4.79 Å². The highest BCUT2D eigenvalue weighted by Crippen LogP contribution is 2.32. The predicted octanol–water partition coefficient (Wildman–Crippen LogP) is 3.70. The second-order valence-corrected chi connectivity index (χ2v) is 6.15. The van der Waals surface area contributed by atoms with E-state index in [2.05, 4.69) is 10.1 Å². The monoisotopic (exact) mass is 337 g/mol. The zero-order chi connectivity index (χ0) is 17.4. The van der Waals surface area contributed by atoms with Gasteiger partial charge in [-0.3, -0.25) is 4.79 Å². The second-order valence-electron chi connectivity index (χ2n) is 6.15. The second kappa shape index (κ2) is 6.12. The van der Waals surface area contributed by atoms with Gasteiger partial charge in [-0.2, -0.15) is 4.98 Å². The molecule has 4 rings (SSSR count). The number of hydrogen-bond acceptors (Lipinski definition) is 4. The number of anilines is 1. The maximum absolute atomic E-state index is 13.1. The minimum atomic E-state index is -0.327. The Morgan fingerprint density at radius 3 is 2.68 bits per heavy atom. The summed E-state index contributed by atoms with van der Waals surface area (Å²) in [5.74, 6) is 0.457. The Kier molecular flexibility index (Phi) is 3.80. The zero-order valence-corrected chi connectivity index (χ0v) is 13.6. The SMILES string of the molecule is Cc1ccccc1-c1noc([C@H]2CC(=O)N(c3ccc(F)cc3)C2)n1. The lowest BCUT2D eigenvalue weighted by atomic mass is 10.1. The van der Waals surface area contributed by atoms with E-state index in [0.717, 1.165) is 11.1 Å². The fraction of sp³-hybridized carbons (Fsp3) is 0.211. The summed E-state index contributed by atoms with van der Waals surface area (Å²) >= 11 is 0. The van der Waals surface area contributed by atoms with E-state index < -0.39 is 0 Å². The largest absolute Gasteiger partial charge is 0.339 e. The maximum atomic E-state index is 13.1. The Hall–Kier alpha value is -3.02. The van der Waals surface area contributed by atoms with Gasteiger partial charge in [-0.05, 0) is 36.8 Å². The Balaban J connectivity index is 1.57. The first-order chi connectivity index (χ1) is 12.1. The quantitative estimate of drug-likeness (QED) is 0.731. The van der Waals surface area contributed by atoms with Crippen LogP contribution in [0.3, 0.4) is 0 Å². The summed E-state index contributed by atoms with van der Waals surface area (Å²) in [5, 5.41) is 4.06. The Labute approximate surface area is 144 Å². The molecule has 0 saturated carbocycles. The minimum Gasteiger partial charge on any atom is -0.339 e. The van der Waals surface area contributed by atoms with Crippen LogP contribution in [0.2, 0.25) is 0 Å². The van der Waals surface area contributed by atoms with E-state index in [0.29, 0.717) is 30.4 Å². The van der Waals surface area contributed by atoms with Gasteiger partial charge < -0.3 is 9.42 Å². The van der Waals surface area contributed by atoms with Crippen LogP contribution in [0.1, 0.15) is 23.8 Å². The summed E-state index contributed by atoms with van der Waals surface area (Å²) in [5.41, 5.74) is 2.65. The number of aromatic nitrogens is 2. The molecule has 1 aromatic heterocycles. The van der Waals surface area contributed by atoms with Gasteiger partial charge in [-0.1, -0.05) is 29.4 Å². The van der Waals surface area contributed by atoms with Gasteiger partial charge in [0.1, 0.15) is 5.82 Å². The van der Waals surface area contributed by atoms with E-state index in [4.69, 9.17) is 4.52 Å². The molecule has 1 aliphatic rings. The lowest BCUT2D eigenvalue weighted by molar-refractivity contribution is -0.117. The first-order valence-electron chi connectivity index (χ1n) is 8.07. The minimum absolute atomic E-state index is 0.0350. The van der Waals surface area contributed by atoms with Gasteiger partial charge in [0.2, 0.25) is 17.6 Å². The van der Waals surface area contributed by atoms with E-state index >= 15 is 0 Å². The van der Waals surface area contributed by atoms with Crippen molar-refractivity contribution in [3.8, 4) is 11.4 Å². The Bertz CT molecular complexity index is 920. The molecule has 1 fully saturated rings. The molecule has 1 saturated heterocycles. The molecule has 5 nitrogen and oxygen atoms in total. The van der Waals surface area contributed by atoms with Gasteiger partial charge >= 0.3 is 0 Å². The van der Waals surface area contributed by atoms with E-state index in [1.165, 1.54) is 12.1 Å². The molecule has 1 aliphatic heterocycles. The number of carbonyl (C=O) groups excluding carboxylic acids is 1. The van der Waals surface area contributed by atoms with Gasteiger partial charge in [-0.25, -0.2) is 4.39 Å². The highest BCUT2D eigenvalue weighted by atomic mass is 19.1. The van der Waals surface area contributed by atoms with Crippen LogP contribution >= 0.6 is 0 Å². The van der Waals surface area contributed by atoms with Crippen molar-refractivity contribution in [3.05, 3.63) is 65.8 Å². The molecule has 1 atom stereocenters. The molecule has 126 valence electrons. The van der Waals surface area contributed by atoms with Crippen molar-refractivity contribution in [1.82, 2.24) is 10.1 Å². The van der Waals surface area contributed by atoms with Gasteiger partial charge in [-0.15, -0.1) is 0 Å². The fourth-order valence-corrected chi connectivity index (χ4v) is 3.08. The van der Waals surface area contributed by atoms with Crippen LogP contribution < -0.4 is 4.90 Å². The Morgan fingerprint density at radius 1 is 1.16 bits per heavy atom. The number of hydrogen-bond donors (Lipinski definition) is 0. The smallest absolute Gasteiger partial charge is 0.232 e. The molecule has 0 radical (unpaired) electrons. The molecule has 2 aromatic carbocycles. The summed E-state index contributed by atoms with van der Waals surface area (Å²) in [6, 6.07) is 13.7. The molecular weight excluding hydrogens is 321 g/mol. The van der Waals surface area contributed by atoms with Crippen molar-refractivity contribution in [1.29, 1.82) is 0 Å². The number of benzene rings is 2. The number of aryl methyl sites for hydroxylation is 1. The van der Waals surface area contributed by atoms with E-state index in [1.807, 2.05) is 31.2 Å². The molecule has 2 heterocycles. The van der Waals surface area contributed by atoms with Crippen molar-refractivity contribution >= 4 is 11.6 Å². The summed E-state index contributed by atoms with van der Waals surface area (Å²) in [6.45, 7) is 2.43. The average Bonchev–Trinajstić information content (AvgIpc) is 3.23. The van der Waals surface area contributed by atoms with Crippen LogP contribution in [0.5, 0.6) is 0 Å². The van der Waals surface area contributed by atoms with Crippen LogP contribution in [-0.4, -0.2) is 22.6 Å². The Morgan fingerprint density at radius 2 is 1.92 bits per heavy atom. The third-order valence-electron chi connectivity index (χ3n) is 4.44. The van der Waals surface area contributed by atoms with Gasteiger partial charge in [0.05, 0.1) is 5.92 Å². The van der Waals surface area contributed by atoms with E-state index in [-0.39, 0.29) is 17.6 Å². The first kappa shape index (κ1) is 15.5. The van der Waals surface area contributed by atoms with Crippen LogP contribution in [0, 0.1) is 12.7 Å². The predicted molar refractivity (Wildman–Crippen MR) is 90.6 cm³/mol. The van der Waals surface area contributed by atoms with Crippen molar-refractivity contribution in [2.45, 2.75) is 19.3 Å². The average molecular weight is 337 g/mol. The van der Waals surface area contributed by atoms with Crippen molar-refractivity contribution in [3.63, 3.8) is 0 Å². The molecule has 6 heteroatoms. The lowest BCUT2D eigenvalue weighted by Gasteiger charge is -2.15. The third-order valence-corrected chi connectivity index (χ3v) is 4.44. The molecule has 0 spiro atoms. The molecule has 25 heavy (non-hydrogen) atoms. The van der Waals surface area contributed by atoms with Crippen LogP contribution in [0.25, 0.3) is 11.4 Å². The standard InChI is InChI=1S/C19H16FN3O2/c1-12-4-2-3-5-16(12)18-21-19(25-22-18)13-10-17(24)23(11-13)15-8-6-14(20)7-9-15/h2-9,13H,10-11H2,1H3/t13-/m0/s1. The topological polar surface area (TPSA) is 59.2 Å².